The molecule has 0 aliphatic carbocycles. The molecule has 0 fully saturated rings. The molecule has 1 nitrogen and oxygen atoms in total. The molecule has 2 aromatic rings. The summed E-state index contributed by atoms with van der Waals surface area (Å²) in [5, 5.41) is 3.45. The Morgan fingerprint density at radius 3 is 2.62 bits per heavy atom. The standard InChI is InChI=1S/C17H21F2NS/c1-4-8-20-16(14-9-11(2)21-12(14)3)10-13-6-5-7-15(18)17(13)19/h5-7,9,16,20H,4,8,10H2,1-3H3. The molecule has 0 amide bonds. The van der Waals surface area contributed by atoms with Crippen LogP contribution in [0.5, 0.6) is 0 Å². The number of nitrogens with one attached hydrogen (secondary N) is 1. The van der Waals surface area contributed by atoms with Gasteiger partial charge in [0.25, 0.3) is 0 Å². The van der Waals surface area contributed by atoms with Crippen molar-refractivity contribution >= 4 is 11.3 Å². The van der Waals surface area contributed by atoms with Crippen LogP contribution in [0.1, 0.15) is 40.3 Å². The number of hydrogen-bond donors (Lipinski definition) is 1. The average Bonchev–Trinajstić information content (AvgIpc) is 2.78. The molecule has 1 aromatic heterocycles. The summed E-state index contributed by atoms with van der Waals surface area (Å²) in [7, 11) is 0. The van der Waals surface area contributed by atoms with Crippen LogP contribution in [-0.2, 0) is 6.42 Å². The van der Waals surface area contributed by atoms with Gasteiger partial charge in [-0.15, -0.1) is 11.3 Å². The van der Waals surface area contributed by atoms with Gasteiger partial charge in [0.2, 0.25) is 0 Å². The van der Waals surface area contributed by atoms with Gasteiger partial charge in [-0.05, 0) is 56.5 Å². The van der Waals surface area contributed by atoms with E-state index in [2.05, 4.69) is 32.2 Å². The Balaban J connectivity index is 2.28. The fourth-order valence-electron chi connectivity index (χ4n) is 2.53. The molecule has 1 N–H and O–H groups in total. The first-order valence-corrected chi connectivity index (χ1v) is 8.07. The van der Waals surface area contributed by atoms with Crippen LogP contribution in [0.4, 0.5) is 8.78 Å². The lowest BCUT2D eigenvalue weighted by atomic mass is 9.98. The second kappa shape index (κ2) is 7.14. The molecular weight excluding hydrogens is 288 g/mol. The zero-order chi connectivity index (χ0) is 15.4. The van der Waals surface area contributed by atoms with Crippen molar-refractivity contribution in [2.24, 2.45) is 0 Å². The minimum Gasteiger partial charge on any atom is -0.310 e. The van der Waals surface area contributed by atoms with Crippen LogP contribution in [0.15, 0.2) is 24.3 Å². The highest BCUT2D eigenvalue weighted by atomic mass is 32.1. The van der Waals surface area contributed by atoms with Crippen molar-refractivity contribution in [2.45, 2.75) is 39.7 Å². The van der Waals surface area contributed by atoms with Gasteiger partial charge < -0.3 is 5.32 Å². The predicted octanol–water partition coefficient (Wildman–Crippen LogP) is 4.93. The van der Waals surface area contributed by atoms with Crippen LogP contribution in [0.2, 0.25) is 0 Å². The highest BCUT2D eigenvalue weighted by Crippen LogP contribution is 2.29. The third kappa shape index (κ3) is 3.89. The van der Waals surface area contributed by atoms with Gasteiger partial charge in [0.15, 0.2) is 11.6 Å². The van der Waals surface area contributed by atoms with E-state index < -0.39 is 11.6 Å². The summed E-state index contributed by atoms with van der Waals surface area (Å²) in [6, 6.07) is 6.55. The molecule has 0 saturated carbocycles. The van der Waals surface area contributed by atoms with Crippen molar-refractivity contribution in [3.05, 3.63) is 56.8 Å². The smallest absolute Gasteiger partial charge is 0.162 e. The summed E-state index contributed by atoms with van der Waals surface area (Å²) >= 11 is 1.74. The van der Waals surface area contributed by atoms with Crippen LogP contribution < -0.4 is 5.32 Å². The minimum atomic E-state index is -0.778. The first-order chi connectivity index (χ1) is 10.0. The van der Waals surface area contributed by atoms with E-state index in [0.29, 0.717) is 12.0 Å². The van der Waals surface area contributed by atoms with Crippen molar-refractivity contribution in [1.82, 2.24) is 5.32 Å². The molecule has 1 heterocycles. The largest absolute Gasteiger partial charge is 0.310 e. The Morgan fingerprint density at radius 1 is 1.24 bits per heavy atom. The van der Waals surface area contributed by atoms with Crippen molar-refractivity contribution in [3.8, 4) is 0 Å². The van der Waals surface area contributed by atoms with E-state index in [9.17, 15) is 8.78 Å². The van der Waals surface area contributed by atoms with E-state index in [1.54, 1.807) is 23.5 Å². The zero-order valence-electron chi connectivity index (χ0n) is 12.7. The Labute approximate surface area is 129 Å². The van der Waals surface area contributed by atoms with Gasteiger partial charge in [0, 0.05) is 15.8 Å². The maximum atomic E-state index is 13.9. The van der Waals surface area contributed by atoms with Crippen molar-refractivity contribution < 1.29 is 8.78 Å². The van der Waals surface area contributed by atoms with Gasteiger partial charge >= 0.3 is 0 Å². The molecule has 0 saturated heterocycles. The lowest BCUT2D eigenvalue weighted by molar-refractivity contribution is 0.477. The number of hydrogen-bond acceptors (Lipinski definition) is 2. The number of aryl methyl sites for hydroxylation is 2. The highest BCUT2D eigenvalue weighted by molar-refractivity contribution is 7.12. The fraction of sp³-hybridized carbons (Fsp3) is 0.412. The third-order valence-electron chi connectivity index (χ3n) is 3.55. The minimum absolute atomic E-state index is 0.0196. The molecule has 0 spiro atoms. The van der Waals surface area contributed by atoms with Gasteiger partial charge in [0.1, 0.15) is 0 Å². The Morgan fingerprint density at radius 2 is 2.00 bits per heavy atom. The fourth-order valence-corrected chi connectivity index (χ4v) is 3.52. The van der Waals surface area contributed by atoms with Crippen LogP contribution >= 0.6 is 11.3 Å². The van der Waals surface area contributed by atoms with Gasteiger partial charge in [-0.3, -0.25) is 0 Å². The summed E-state index contributed by atoms with van der Waals surface area (Å²) in [5.41, 5.74) is 1.61. The van der Waals surface area contributed by atoms with Crippen LogP contribution in [0.3, 0.4) is 0 Å². The molecule has 1 aromatic carbocycles. The molecule has 21 heavy (non-hydrogen) atoms. The molecule has 114 valence electrons. The zero-order valence-corrected chi connectivity index (χ0v) is 13.5. The molecule has 0 aliphatic heterocycles. The number of halogens is 2. The molecular formula is C17H21F2NS. The summed E-state index contributed by atoms with van der Waals surface area (Å²) in [5.74, 6) is -1.51. The lowest BCUT2D eigenvalue weighted by Crippen LogP contribution is -2.24. The van der Waals surface area contributed by atoms with Gasteiger partial charge in [-0.2, -0.15) is 0 Å². The third-order valence-corrected chi connectivity index (χ3v) is 4.53. The van der Waals surface area contributed by atoms with Crippen LogP contribution in [-0.4, -0.2) is 6.54 Å². The number of thiophene rings is 1. The normalized spacial score (nSPS) is 12.6. The topological polar surface area (TPSA) is 12.0 Å². The Hall–Kier alpha value is -1.26. The van der Waals surface area contributed by atoms with E-state index in [1.807, 2.05) is 0 Å². The second-order valence-electron chi connectivity index (χ2n) is 5.29. The molecule has 0 radical (unpaired) electrons. The lowest BCUT2D eigenvalue weighted by Gasteiger charge is -2.19. The van der Waals surface area contributed by atoms with E-state index in [-0.39, 0.29) is 6.04 Å². The quantitative estimate of drug-likeness (QED) is 0.798. The number of rotatable bonds is 6. The monoisotopic (exact) mass is 309 g/mol. The maximum Gasteiger partial charge on any atom is 0.162 e. The molecule has 1 unspecified atom stereocenters. The average molecular weight is 309 g/mol. The first-order valence-electron chi connectivity index (χ1n) is 7.26. The van der Waals surface area contributed by atoms with Gasteiger partial charge in [-0.1, -0.05) is 19.1 Å². The number of benzene rings is 1. The molecule has 2 rings (SSSR count). The molecule has 4 heteroatoms. The van der Waals surface area contributed by atoms with E-state index in [4.69, 9.17) is 0 Å². The summed E-state index contributed by atoms with van der Waals surface area (Å²) < 4.78 is 27.3. The van der Waals surface area contributed by atoms with E-state index >= 15 is 0 Å². The van der Waals surface area contributed by atoms with Gasteiger partial charge in [0.05, 0.1) is 0 Å². The summed E-state index contributed by atoms with van der Waals surface area (Å²) in [4.78, 5) is 2.48. The summed E-state index contributed by atoms with van der Waals surface area (Å²) in [6.07, 6.45) is 1.46. The van der Waals surface area contributed by atoms with Crippen LogP contribution in [0, 0.1) is 25.5 Å². The second-order valence-corrected chi connectivity index (χ2v) is 6.75. The predicted molar refractivity (Wildman–Crippen MR) is 84.9 cm³/mol. The SMILES string of the molecule is CCCNC(Cc1cccc(F)c1F)c1cc(C)sc1C. The van der Waals surface area contributed by atoms with Crippen molar-refractivity contribution in [2.75, 3.05) is 6.54 Å². The highest BCUT2D eigenvalue weighted by Gasteiger charge is 2.18. The molecule has 0 aliphatic rings. The van der Waals surface area contributed by atoms with Crippen molar-refractivity contribution in [1.29, 1.82) is 0 Å². The molecule has 1 atom stereocenters. The van der Waals surface area contributed by atoms with E-state index in [1.165, 1.54) is 15.3 Å². The maximum absolute atomic E-state index is 13.9. The molecule has 0 bridgehead atoms. The van der Waals surface area contributed by atoms with E-state index in [0.717, 1.165) is 19.0 Å². The Kier molecular flexibility index (Phi) is 5.48. The summed E-state index contributed by atoms with van der Waals surface area (Å²) in [6.45, 7) is 7.10. The first kappa shape index (κ1) is 16.1. The van der Waals surface area contributed by atoms with Crippen molar-refractivity contribution in [3.63, 3.8) is 0 Å². The van der Waals surface area contributed by atoms with Crippen LogP contribution in [0.25, 0.3) is 0 Å². The Bertz CT molecular complexity index is 607. The van der Waals surface area contributed by atoms with Gasteiger partial charge in [-0.25, -0.2) is 8.78 Å².